The number of hydrogen-bond donors (Lipinski definition) is 5. The third-order valence-corrected chi connectivity index (χ3v) is 3.83. The molecule has 0 aliphatic heterocycles. The summed E-state index contributed by atoms with van der Waals surface area (Å²) in [6.07, 6.45) is 2.93. The quantitative estimate of drug-likeness (QED) is 0.266. The normalized spacial score (nSPS) is 11.1. The minimum Gasteiger partial charge on any atom is -0.491 e. The van der Waals surface area contributed by atoms with Crippen molar-refractivity contribution >= 4 is 28.8 Å². The topological polar surface area (TPSA) is 137 Å². The highest BCUT2D eigenvalue weighted by Crippen LogP contribution is 2.24. The smallest absolute Gasteiger partial charge is 0.272 e. The molecule has 1 aromatic carbocycles. The molecule has 8 heteroatoms. The molecule has 8 nitrogen and oxygen atoms in total. The zero-order chi connectivity index (χ0) is 21.6. The number of carbonyl (C=O) groups is 1. The number of amides is 1. The molecule has 0 saturated carbocycles. The fraction of sp³-hybridized carbons (Fsp3) is 0.238. The summed E-state index contributed by atoms with van der Waals surface area (Å²) in [6, 6.07) is 8.46. The van der Waals surface area contributed by atoms with Crippen molar-refractivity contribution in [3.8, 4) is 5.75 Å². The number of nitrogens with two attached hydrogens (primary N) is 1. The third kappa shape index (κ3) is 5.90. The SMILES string of the molecule is CN/C(=C\C(C)=N)C(=O)Nc1cc(C(=N)c2cc(OC(C)C)ccc2N)ccn1. The molecule has 1 amide bonds. The van der Waals surface area contributed by atoms with Gasteiger partial charge in [0.05, 0.1) is 11.8 Å². The molecule has 29 heavy (non-hydrogen) atoms. The minimum absolute atomic E-state index is 0.00225. The second kappa shape index (κ2) is 9.50. The molecule has 0 radical (unpaired) electrons. The number of ether oxygens (including phenoxy) is 1. The lowest BCUT2D eigenvalue weighted by Gasteiger charge is -2.14. The van der Waals surface area contributed by atoms with Gasteiger partial charge in [-0.3, -0.25) is 10.2 Å². The molecule has 0 aliphatic rings. The fourth-order valence-corrected chi connectivity index (χ4v) is 2.56. The van der Waals surface area contributed by atoms with Crippen LogP contribution in [0.2, 0.25) is 0 Å². The van der Waals surface area contributed by atoms with Crippen molar-refractivity contribution < 1.29 is 9.53 Å². The van der Waals surface area contributed by atoms with Gasteiger partial charge in [0.15, 0.2) is 0 Å². The average Bonchev–Trinajstić information content (AvgIpc) is 2.66. The maximum atomic E-state index is 12.4. The molecule has 0 spiro atoms. The molecule has 1 heterocycles. The number of allylic oxidation sites excluding steroid dienone is 1. The molecule has 0 atom stereocenters. The van der Waals surface area contributed by atoms with Gasteiger partial charge in [-0.05, 0) is 57.2 Å². The van der Waals surface area contributed by atoms with Gasteiger partial charge in [-0.15, -0.1) is 0 Å². The van der Waals surface area contributed by atoms with E-state index in [1.54, 1.807) is 44.3 Å². The van der Waals surface area contributed by atoms with E-state index in [-0.39, 0.29) is 29.0 Å². The number of nitrogen functional groups attached to an aromatic ring is 1. The summed E-state index contributed by atoms with van der Waals surface area (Å²) in [4.78, 5) is 16.5. The van der Waals surface area contributed by atoms with Crippen molar-refractivity contribution in [2.24, 2.45) is 0 Å². The number of pyridine rings is 1. The van der Waals surface area contributed by atoms with Gasteiger partial charge in [0, 0.05) is 35.8 Å². The average molecular weight is 394 g/mol. The van der Waals surface area contributed by atoms with Crippen LogP contribution in [0.1, 0.15) is 31.9 Å². The van der Waals surface area contributed by atoms with E-state index in [0.29, 0.717) is 22.6 Å². The molecule has 2 aromatic rings. The number of rotatable bonds is 8. The van der Waals surface area contributed by atoms with Crippen LogP contribution in [0.15, 0.2) is 48.3 Å². The lowest BCUT2D eigenvalue weighted by Crippen LogP contribution is -2.24. The third-order valence-electron chi connectivity index (χ3n) is 3.83. The first-order chi connectivity index (χ1) is 13.7. The largest absolute Gasteiger partial charge is 0.491 e. The van der Waals surface area contributed by atoms with Crippen LogP contribution in [-0.4, -0.2) is 35.5 Å². The van der Waals surface area contributed by atoms with E-state index < -0.39 is 5.91 Å². The van der Waals surface area contributed by atoms with Crippen molar-refractivity contribution in [3.63, 3.8) is 0 Å². The number of aromatic nitrogens is 1. The molecular formula is C21H26N6O2. The molecule has 0 unspecified atom stereocenters. The van der Waals surface area contributed by atoms with Gasteiger partial charge in [0.25, 0.3) is 5.91 Å². The number of benzene rings is 1. The van der Waals surface area contributed by atoms with Crippen molar-refractivity contribution in [1.82, 2.24) is 10.3 Å². The summed E-state index contributed by atoms with van der Waals surface area (Å²) < 4.78 is 5.69. The van der Waals surface area contributed by atoms with Crippen molar-refractivity contribution in [3.05, 3.63) is 59.4 Å². The predicted molar refractivity (Wildman–Crippen MR) is 116 cm³/mol. The monoisotopic (exact) mass is 394 g/mol. The summed E-state index contributed by atoms with van der Waals surface area (Å²) in [7, 11) is 1.60. The first kappa shape index (κ1) is 21.6. The number of nitrogens with zero attached hydrogens (tertiary/aromatic N) is 1. The Kier molecular flexibility index (Phi) is 7.08. The van der Waals surface area contributed by atoms with E-state index in [4.69, 9.17) is 21.3 Å². The lowest BCUT2D eigenvalue weighted by atomic mass is 10.0. The molecule has 2 rings (SSSR count). The highest BCUT2D eigenvalue weighted by atomic mass is 16.5. The molecule has 152 valence electrons. The van der Waals surface area contributed by atoms with Gasteiger partial charge in [-0.2, -0.15) is 0 Å². The van der Waals surface area contributed by atoms with E-state index in [1.807, 2.05) is 13.8 Å². The van der Waals surface area contributed by atoms with Crippen LogP contribution in [0.3, 0.4) is 0 Å². The molecule has 0 fully saturated rings. The highest BCUT2D eigenvalue weighted by Gasteiger charge is 2.14. The van der Waals surface area contributed by atoms with Crippen molar-refractivity contribution in [2.45, 2.75) is 26.9 Å². The van der Waals surface area contributed by atoms with E-state index in [2.05, 4.69) is 15.6 Å². The molecule has 6 N–H and O–H groups in total. The molecule has 0 bridgehead atoms. The summed E-state index contributed by atoms with van der Waals surface area (Å²) in [5.41, 5.74) is 8.26. The molecular weight excluding hydrogens is 368 g/mol. The maximum absolute atomic E-state index is 12.4. The summed E-state index contributed by atoms with van der Waals surface area (Å²) in [6.45, 7) is 5.42. The van der Waals surface area contributed by atoms with Crippen molar-refractivity contribution in [2.75, 3.05) is 18.1 Å². The lowest BCUT2D eigenvalue weighted by molar-refractivity contribution is -0.113. The van der Waals surface area contributed by atoms with Gasteiger partial charge in [-0.25, -0.2) is 4.98 Å². The van der Waals surface area contributed by atoms with E-state index in [9.17, 15) is 4.79 Å². The van der Waals surface area contributed by atoms with Crippen LogP contribution in [0.25, 0.3) is 0 Å². The molecule has 0 aliphatic carbocycles. The maximum Gasteiger partial charge on any atom is 0.272 e. The highest BCUT2D eigenvalue weighted by molar-refractivity contribution is 6.14. The van der Waals surface area contributed by atoms with Gasteiger partial charge < -0.3 is 26.5 Å². The Balaban J connectivity index is 2.28. The standard InChI is InChI=1S/C21H26N6O2/c1-12(2)29-15-5-6-17(23)16(11-15)20(24)14-7-8-26-19(10-14)27-21(28)18(25-4)9-13(3)22/h5-12,22,24-25H,23H2,1-4H3,(H,26,27,28)/b18-9-,22-13?,24-20?. The van der Waals surface area contributed by atoms with Gasteiger partial charge >= 0.3 is 0 Å². The number of hydrogen-bond acceptors (Lipinski definition) is 7. The summed E-state index contributed by atoms with van der Waals surface area (Å²) in [5.74, 6) is 0.485. The fourth-order valence-electron chi connectivity index (χ4n) is 2.56. The first-order valence-corrected chi connectivity index (χ1v) is 9.08. The Labute approximate surface area is 170 Å². The molecule has 0 saturated heterocycles. The molecule has 1 aromatic heterocycles. The van der Waals surface area contributed by atoms with E-state index in [0.717, 1.165) is 0 Å². The van der Waals surface area contributed by atoms with Gasteiger partial charge in [0.2, 0.25) is 0 Å². The summed E-state index contributed by atoms with van der Waals surface area (Å²) in [5, 5.41) is 21.5. The Morgan fingerprint density at radius 2 is 1.97 bits per heavy atom. The minimum atomic E-state index is -0.429. The van der Waals surface area contributed by atoms with Crippen LogP contribution in [0.5, 0.6) is 5.75 Å². The van der Waals surface area contributed by atoms with E-state index in [1.165, 1.54) is 12.3 Å². The van der Waals surface area contributed by atoms with Crippen molar-refractivity contribution in [1.29, 1.82) is 10.8 Å². The van der Waals surface area contributed by atoms with Crippen LogP contribution in [0.4, 0.5) is 11.5 Å². The second-order valence-corrected chi connectivity index (χ2v) is 6.67. The zero-order valence-electron chi connectivity index (χ0n) is 17.0. The van der Waals surface area contributed by atoms with Crippen LogP contribution in [-0.2, 0) is 4.79 Å². The van der Waals surface area contributed by atoms with E-state index >= 15 is 0 Å². The zero-order valence-corrected chi connectivity index (χ0v) is 17.0. The number of likely N-dealkylation sites (N-methyl/N-ethyl adjacent to an activating group) is 1. The number of nitrogens with one attached hydrogen (secondary N) is 4. The second-order valence-electron chi connectivity index (χ2n) is 6.67. The van der Waals surface area contributed by atoms with Gasteiger partial charge in [0.1, 0.15) is 17.3 Å². The van der Waals surface area contributed by atoms with Crippen LogP contribution in [0, 0.1) is 10.8 Å². The number of carbonyl (C=O) groups excluding carboxylic acids is 1. The Morgan fingerprint density at radius 3 is 2.59 bits per heavy atom. The Morgan fingerprint density at radius 1 is 1.24 bits per heavy atom. The predicted octanol–water partition coefficient (Wildman–Crippen LogP) is 2.95. The summed E-state index contributed by atoms with van der Waals surface area (Å²) >= 11 is 0. The first-order valence-electron chi connectivity index (χ1n) is 9.08. The Hall–Kier alpha value is -3.68. The number of anilines is 2. The van der Waals surface area contributed by atoms with Gasteiger partial charge in [-0.1, -0.05) is 0 Å². The van der Waals surface area contributed by atoms with Crippen LogP contribution >= 0.6 is 0 Å². The van der Waals surface area contributed by atoms with Crippen LogP contribution < -0.4 is 21.1 Å². The Bertz CT molecular complexity index is 965.